The van der Waals surface area contributed by atoms with Gasteiger partial charge in [0, 0.05) is 13.1 Å². The number of hydrogen-bond acceptors (Lipinski definition) is 5. The lowest BCUT2D eigenvalue weighted by Crippen LogP contribution is -2.41. The Kier molecular flexibility index (Phi) is 9.06. The van der Waals surface area contributed by atoms with E-state index < -0.39 is 11.8 Å². The van der Waals surface area contributed by atoms with E-state index in [2.05, 4.69) is 10.5 Å². The van der Waals surface area contributed by atoms with Crippen LogP contribution in [0.15, 0.2) is 23.3 Å². The molecule has 0 aliphatic heterocycles. The fourth-order valence-corrected chi connectivity index (χ4v) is 2.07. The minimum absolute atomic E-state index is 0.476. The lowest BCUT2D eigenvalue weighted by Gasteiger charge is -2.16. The summed E-state index contributed by atoms with van der Waals surface area (Å²) >= 11 is 0. The average molecular weight is 349 g/mol. The number of amides is 2. The van der Waals surface area contributed by atoms with Crippen molar-refractivity contribution in [1.82, 2.24) is 10.3 Å². The van der Waals surface area contributed by atoms with Gasteiger partial charge in [-0.3, -0.25) is 9.59 Å². The molecule has 0 fully saturated rings. The van der Waals surface area contributed by atoms with E-state index in [0.29, 0.717) is 37.8 Å². The molecule has 1 N–H and O–H groups in total. The summed E-state index contributed by atoms with van der Waals surface area (Å²) in [4.78, 5) is 25.0. The average Bonchev–Trinajstić information content (AvgIpc) is 2.62. The van der Waals surface area contributed by atoms with Gasteiger partial charge in [0.25, 0.3) is 0 Å². The van der Waals surface area contributed by atoms with Crippen LogP contribution in [-0.2, 0) is 9.59 Å². The standard InChI is InChI=1S/C18H27N3O4/c1-5-11-25-15-10-9-14(12-16(15)24-8-4)13-19-20-17(22)18(23)21(6-2)7-3/h9-10,12-13H,5-8,11H2,1-4H3,(H,20,22)/b19-13-. The molecule has 1 aromatic rings. The largest absolute Gasteiger partial charge is 0.490 e. The zero-order chi connectivity index (χ0) is 18.7. The van der Waals surface area contributed by atoms with Crippen molar-refractivity contribution in [3.63, 3.8) is 0 Å². The summed E-state index contributed by atoms with van der Waals surface area (Å²) in [5, 5.41) is 3.84. The highest BCUT2D eigenvalue weighted by molar-refractivity contribution is 6.34. The molecule has 0 radical (unpaired) electrons. The van der Waals surface area contributed by atoms with Gasteiger partial charge < -0.3 is 14.4 Å². The van der Waals surface area contributed by atoms with Crippen molar-refractivity contribution >= 4 is 18.0 Å². The quantitative estimate of drug-likeness (QED) is 0.421. The first-order valence-electron chi connectivity index (χ1n) is 8.59. The van der Waals surface area contributed by atoms with Crippen LogP contribution < -0.4 is 14.9 Å². The number of carbonyl (C=O) groups is 2. The molecule has 0 spiro atoms. The molecular formula is C18H27N3O4. The van der Waals surface area contributed by atoms with E-state index in [1.165, 1.54) is 11.1 Å². The van der Waals surface area contributed by atoms with Crippen LogP contribution in [0.2, 0.25) is 0 Å². The van der Waals surface area contributed by atoms with Crippen molar-refractivity contribution in [2.24, 2.45) is 5.10 Å². The number of ether oxygens (including phenoxy) is 2. The van der Waals surface area contributed by atoms with Crippen LogP contribution in [0.25, 0.3) is 0 Å². The summed E-state index contributed by atoms with van der Waals surface area (Å²) in [6, 6.07) is 5.37. The highest BCUT2D eigenvalue weighted by atomic mass is 16.5. The summed E-state index contributed by atoms with van der Waals surface area (Å²) in [6.07, 6.45) is 2.36. The Morgan fingerprint density at radius 3 is 2.44 bits per heavy atom. The molecule has 0 unspecified atom stereocenters. The van der Waals surface area contributed by atoms with Crippen LogP contribution in [0.5, 0.6) is 11.5 Å². The molecule has 0 saturated carbocycles. The van der Waals surface area contributed by atoms with Gasteiger partial charge in [-0.15, -0.1) is 0 Å². The number of hydrogen-bond donors (Lipinski definition) is 1. The van der Waals surface area contributed by atoms with Crippen molar-refractivity contribution in [2.45, 2.75) is 34.1 Å². The van der Waals surface area contributed by atoms with Crippen LogP contribution in [0.3, 0.4) is 0 Å². The van der Waals surface area contributed by atoms with Crippen LogP contribution in [0.1, 0.15) is 39.7 Å². The maximum absolute atomic E-state index is 11.8. The van der Waals surface area contributed by atoms with Crippen LogP contribution in [0, 0.1) is 0 Å². The third-order valence-electron chi connectivity index (χ3n) is 3.35. The molecule has 0 aromatic heterocycles. The molecule has 7 nitrogen and oxygen atoms in total. The van der Waals surface area contributed by atoms with Crippen molar-refractivity contribution < 1.29 is 19.1 Å². The Balaban J connectivity index is 2.75. The molecule has 138 valence electrons. The van der Waals surface area contributed by atoms with Gasteiger partial charge in [0.2, 0.25) is 0 Å². The van der Waals surface area contributed by atoms with Gasteiger partial charge in [-0.1, -0.05) is 6.92 Å². The maximum atomic E-state index is 11.8. The minimum atomic E-state index is -0.757. The Bertz CT molecular complexity index is 598. The maximum Gasteiger partial charge on any atom is 0.329 e. The number of nitrogens with zero attached hydrogens (tertiary/aromatic N) is 2. The van der Waals surface area contributed by atoms with Crippen LogP contribution in [0.4, 0.5) is 0 Å². The van der Waals surface area contributed by atoms with Crippen molar-refractivity contribution in [3.8, 4) is 11.5 Å². The first-order valence-corrected chi connectivity index (χ1v) is 8.59. The van der Waals surface area contributed by atoms with Gasteiger partial charge in [-0.05, 0) is 51.0 Å². The Morgan fingerprint density at radius 2 is 1.84 bits per heavy atom. The lowest BCUT2D eigenvalue weighted by atomic mass is 10.2. The van der Waals surface area contributed by atoms with Gasteiger partial charge in [0.1, 0.15) is 0 Å². The molecule has 7 heteroatoms. The van der Waals surface area contributed by atoms with Gasteiger partial charge in [-0.25, -0.2) is 5.43 Å². The van der Waals surface area contributed by atoms with E-state index in [1.807, 2.05) is 27.7 Å². The molecule has 0 aliphatic carbocycles. The van der Waals surface area contributed by atoms with Gasteiger partial charge in [0.15, 0.2) is 11.5 Å². The van der Waals surface area contributed by atoms with E-state index in [-0.39, 0.29) is 0 Å². The number of nitrogens with one attached hydrogen (secondary N) is 1. The summed E-state index contributed by atoms with van der Waals surface area (Å²) in [5.74, 6) is -0.0691. The fraction of sp³-hybridized carbons (Fsp3) is 0.500. The fourth-order valence-electron chi connectivity index (χ4n) is 2.07. The molecule has 1 aromatic carbocycles. The second-order valence-electron chi connectivity index (χ2n) is 5.16. The molecule has 0 heterocycles. The lowest BCUT2D eigenvalue weighted by molar-refractivity contribution is -0.145. The zero-order valence-corrected chi connectivity index (χ0v) is 15.4. The third-order valence-corrected chi connectivity index (χ3v) is 3.35. The van der Waals surface area contributed by atoms with Crippen molar-refractivity contribution in [1.29, 1.82) is 0 Å². The highest BCUT2D eigenvalue weighted by Crippen LogP contribution is 2.28. The van der Waals surface area contributed by atoms with E-state index in [1.54, 1.807) is 18.2 Å². The molecule has 0 saturated heterocycles. The number of benzene rings is 1. The topological polar surface area (TPSA) is 80.2 Å². The van der Waals surface area contributed by atoms with Gasteiger partial charge in [0.05, 0.1) is 19.4 Å². The Hall–Kier alpha value is -2.57. The van der Waals surface area contributed by atoms with E-state index in [4.69, 9.17) is 9.47 Å². The molecule has 2 amide bonds. The minimum Gasteiger partial charge on any atom is -0.490 e. The predicted molar refractivity (Wildman–Crippen MR) is 97.1 cm³/mol. The zero-order valence-electron chi connectivity index (χ0n) is 15.4. The number of likely N-dealkylation sites (N-methyl/N-ethyl adjacent to an activating group) is 1. The van der Waals surface area contributed by atoms with Gasteiger partial charge >= 0.3 is 11.8 Å². The Labute approximate surface area is 149 Å². The second-order valence-corrected chi connectivity index (χ2v) is 5.16. The first-order chi connectivity index (χ1) is 12.1. The first kappa shape index (κ1) is 20.5. The van der Waals surface area contributed by atoms with Gasteiger partial charge in [-0.2, -0.15) is 5.10 Å². The summed E-state index contributed by atoms with van der Waals surface area (Å²) in [5.41, 5.74) is 2.97. The summed E-state index contributed by atoms with van der Waals surface area (Å²) < 4.78 is 11.2. The normalized spacial score (nSPS) is 10.6. The number of carbonyl (C=O) groups excluding carboxylic acids is 2. The molecule has 25 heavy (non-hydrogen) atoms. The smallest absolute Gasteiger partial charge is 0.329 e. The number of rotatable bonds is 9. The predicted octanol–water partition coefficient (Wildman–Crippen LogP) is 2.19. The van der Waals surface area contributed by atoms with E-state index >= 15 is 0 Å². The van der Waals surface area contributed by atoms with Crippen LogP contribution in [-0.4, -0.2) is 49.2 Å². The van der Waals surface area contributed by atoms with Crippen molar-refractivity contribution in [3.05, 3.63) is 23.8 Å². The molecule has 0 atom stereocenters. The SMILES string of the molecule is CCCOc1ccc(/C=N\NC(=O)C(=O)N(CC)CC)cc1OCC. The van der Waals surface area contributed by atoms with Crippen LogP contribution >= 0.6 is 0 Å². The summed E-state index contributed by atoms with van der Waals surface area (Å²) in [6.45, 7) is 9.62. The third kappa shape index (κ3) is 6.45. The van der Waals surface area contributed by atoms with E-state index in [9.17, 15) is 9.59 Å². The second kappa shape index (κ2) is 11.1. The Morgan fingerprint density at radius 1 is 1.12 bits per heavy atom. The monoisotopic (exact) mass is 349 g/mol. The van der Waals surface area contributed by atoms with Crippen molar-refractivity contribution in [2.75, 3.05) is 26.3 Å². The highest BCUT2D eigenvalue weighted by Gasteiger charge is 2.18. The number of hydrazone groups is 1. The molecule has 0 aliphatic rings. The summed E-state index contributed by atoms with van der Waals surface area (Å²) in [7, 11) is 0. The molecule has 0 bridgehead atoms. The molecular weight excluding hydrogens is 322 g/mol. The molecule has 1 rings (SSSR count). The van der Waals surface area contributed by atoms with E-state index in [0.717, 1.165) is 12.0 Å².